The van der Waals surface area contributed by atoms with E-state index in [4.69, 9.17) is 0 Å². The Morgan fingerprint density at radius 2 is 1.22 bits per heavy atom. The van der Waals surface area contributed by atoms with Crippen molar-refractivity contribution in [3.63, 3.8) is 0 Å². The molecule has 0 radical (unpaired) electrons. The summed E-state index contributed by atoms with van der Waals surface area (Å²) < 4.78 is 1.04. The van der Waals surface area contributed by atoms with E-state index in [1.54, 1.807) is 0 Å². The highest BCUT2D eigenvalue weighted by Crippen LogP contribution is 2.22. The summed E-state index contributed by atoms with van der Waals surface area (Å²) >= 11 is 3.39. The van der Waals surface area contributed by atoms with Crippen molar-refractivity contribution >= 4 is 27.3 Å². The Morgan fingerprint density at radius 3 is 1.67 bits per heavy atom. The largest absolute Gasteiger partial charge is 0.151 e. The van der Waals surface area contributed by atoms with Gasteiger partial charge in [-0.05, 0) is 47.9 Å². The van der Waals surface area contributed by atoms with Crippen molar-refractivity contribution in [2.45, 2.75) is 19.8 Å². The van der Waals surface area contributed by atoms with E-state index in [0.717, 1.165) is 15.8 Å². The lowest BCUT2D eigenvalue weighted by molar-refractivity contribution is 0.866. The predicted octanol–water partition coefficient (Wildman–Crippen LogP) is 5.99. The van der Waals surface area contributed by atoms with Crippen molar-refractivity contribution in [1.82, 2.24) is 0 Å². The normalized spacial score (nSPS) is 11.3. The number of hydrogen-bond acceptors (Lipinski definition) is 2. The summed E-state index contributed by atoms with van der Waals surface area (Å²) in [6.07, 6.45) is 0. The molecule has 92 valence electrons. The Balaban J connectivity index is 2.11. The molecule has 2 aromatic carbocycles. The number of azo groups is 1. The van der Waals surface area contributed by atoms with Crippen LogP contribution >= 0.6 is 15.9 Å². The third-order valence-electron chi connectivity index (χ3n) is 2.67. The van der Waals surface area contributed by atoms with Gasteiger partial charge in [-0.2, -0.15) is 10.2 Å². The zero-order valence-electron chi connectivity index (χ0n) is 10.5. The number of benzene rings is 2. The van der Waals surface area contributed by atoms with E-state index in [9.17, 15) is 0 Å². The van der Waals surface area contributed by atoms with E-state index in [1.807, 2.05) is 36.4 Å². The van der Waals surface area contributed by atoms with Gasteiger partial charge in [0.25, 0.3) is 0 Å². The maximum atomic E-state index is 4.22. The quantitative estimate of drug-likeness (QED) is 0.622. The summed E-state index contributed by atoms with van der Waals surface area (Å²) in [5.41, 5.74) is 3.05. The molecule has 0 fully saturated rings. The van der Waals surface area contributed by atoms with Crippen LogP contribution in [-0.2, 0) is 0 Å². The average molecular weight is 303 g/mol. The molecule has 0 aliphatic rings. The minimum atomic E-state index is 0.544. The summed E-state index contributed by atoms with van der Waals surface area (Å²) in [5, 5.41) is 8.41. The van der Waals surface area contributed by atoms with Gasteiger partial charge in [0.1, 0.15) is 0 Å². The summed E-state index contributed by atoms with van der Waals surface area (Å²) in [4.78, 5) is 0. The summed E-state index contributed by atoms with van der Waals surface area (Å²) in [6.45, 7) is 4.36. The zero-order valence-corrected chi connectivity index (χ0v) is 12.1. The minimum absolute atomic E-state index is 0.544. The van der Waals surface area contributed by atoms with E-state index in [0.29, 0.717) is 5.92 Å². The molecule has 0 aliphatic heterocycles. The van der Waals surface area contributed by atoms with Crippen molar-refractivity contribution in [1.29, 1.82) is 0 Å². The van der Waals surface area contributed by atoms with E-state index in [1.165, 1.54) is 5.56 Å². The molecule has 0 heterocycles. The second kappa shape index (κ2) is 5.91. The van der Waals surface area contributed by atoms with Gasteiger partial charge in [-0.3, -0.25) is 0 Å². The Labute approximate surface area is 116 Å². The molecule has 2 rings (SSSR count). The van der Waals surface area contributed by atoms with E-state index in [2.05, 4.69) is 52.1 Å². The van der Waals surface area contributed by atoms with Gasteiger partial charge in [-0.25, -0.2) is 0 Å². The van der Waals surface area contributed by atoms with Gasteiger partial charge in [0, 0.05) is 4.47 Å². The van der Waals surface area contributed by atoms with Crippen molar-refractivity contribution < 1.29 is 0 Å². The van der Waals surface area contributed by atoms with Gasteiger partial charge >= 0.3 is 0 Å². The van der Waals surface area contributed by atoms with Gasteiger partial charge in [0.2, 0.25) is 0 Å². The number of hydrogen-bond donors (Lipinski definition) is 0. The molecule has 2 nitrogen and oxygen atoms in total. The molecular weight excluding hydrogens is 288 g/mol. The predicted molar refractivity (Wildman–Crippen MR) is 78.8 cm³/mol. The summed E-state index contributed by atoms with van der Waals surface area (Å²) in [6, 6.07) is 16.0. The van der Waals surface area contributed by atoms with Crippen LogP contribution in [0.1, 0.15) is 25.3 Å². The van der Waals surface area contributed by atoms with Crippen LogP contribution < -0.4 is 0 Å². The van der Waals surface area contributed by atoms with Crippen LogP contribution in [0.5, 0.6) is 0 Å². The van der Waals surface area contributed by atoms with Crippen LogP contribution in [0.25, 0.3) is 0 Å². The molecule has 18 heavy (non-hydrogen) atoms. The summed E-state index contributed by atoms with van der Waals surface area (Å²) in [7, 11) is 0. The third kappa shape index (κ3) is 3.50. The minimum Gasteiger partial charge on any atom is -0.151 e. The second-order valence-corrected chi connectivity index (χ2v) is 5.34. The monoisotopic (exact) mass is 302 g/mol. The molecule has 0 atom stereocenters. The Morgan fingerprint density at radius 1 is 0.778 bits per heavy atom. The van der Waals surface area contributed by atoms with E-state index in [-0.39, 0.29) is 0 Å². The molecule has 0 aromatic heterocycles. The lowest BCUT2D eigenvalue weighted by atomic mass is 10.0. The summed E-state index contributed by atoms with van der Waals surface area (Å²) in [5.74, 6) is 0.544. The Hall–Kier alpha value is -1.48. The zero-order chi connectivity index (χ0) is 13.0. The fourth-order valence-corrected chi connectivity index (χ4v) is 1.81. The molecule has 0 saturated carbocycles. The maximum Gasteiger partial charge on any atom is 0.0857 e. The molecular formula is C15H15BrN2. The molecule has 0 aliphatic carbocycles. The van der Waals surface area contributed by atoms with E-state index >= 15 is 0 Å². The van der Waals surface area contributed by atoms with Gasteiger partial charge in [-0.15, -0.1) is 0 Å². The highest BCUT2D eigenvalue weighted by molar-refractivity contribution is 9.10. The molecule has 0 spiro atoms. The highest BCUT2D eigenvalue weighted by Gasteiger charge is 1.98. The molecule has 0 unspecified atom stereocenters. The lowest BCUT2D eigenvalue weighted by Crippen LogP contribution is -1.84. The van der Waals surface area contributed by atoms with Gasteiger partial charge in [0.15, 0.2) is 0 Å². The molecule has 0 saturated heterocycles. The molecule has 0 bridgehead atoms. The van der Waals surface area contributed by atoms with Gasteiger partial charge in [0.05, 0.1) is 11.4 Å². The van der Waals surface area contributed by atoms with Crippen molar-refractivity contribution in [2.75, 3.05) is 0 Å². The van der Waals surface area contributed by atoms with Crippen molar-refractivity contribution in [3.8, 4) is 0 Å². The third-order valence-corrected chi connectivity index (χ3v) is 3.20. The van der Waals surface area contributed by atoms with Crippen LogP contribution in [0.15, 0.2) is 63.2 Å². The second-order valence-electron chi connectivity index (χ2n) is 4.42. The Bertz CT molecular complexity index is 527. The van der Waals surface area contributed by atoms with Crippen molar-refractivity contribution in [3.05, 3.63) is 58.6 Å². The van der Waals surface area contributed by atoms with Crippen LogP contribution in [-0.4, -0.2) is 0 Å². The maximum absolute atomic E-state index is 4.22. The molecule has 2 aromatic rings. The van der Waals surface area contributed by atoms with Crippen LogP contribution in [0, 0.1) is 0 Å². The fraction of sp³-hybridized carbons (Fsp3) is 0.200. The van der Waals surface area contributed by atoms with Crippen LogP contribution in [0.2, 0.25) is 0 Å². The van der Waals surface area contributed by atoms with Crippen LogP contribution in [0.4, 0.5) is 11.4 Å². The van der Waals surface area contributed by atoms with Crippen LogP contribution in [0.3, 0.4) is 0 Å². The first-order valence-corrected chi connectivity index (χ1v) is 6.72. The highest BCUT2D eigenvalue weighted by atomic mass is 79.9. The standard InChI is InChI=1S/C15H15BrN2/c1-11(2)12-3-7-14(8-4-12)17-18-15-9-5-13(16)6-10-15/h3-11H,1-2H3. The first kappa shape index (κ1) is 13.0. The first-order chi connectivity index (χ1) is 8.65. The number of halogens is 1. The Kier molecular flexibility index (Phi) is 4.26. The molecule has 3 heteroatoms. The fourth-order valence-electron chi connectivity index (χ4n) is 1.55. The lowest BCUT2D eigenvalue weighted by Gasteiger charge is -2.03. The smallest absolute Gasteiger partial charge is 0.0857 e. The molecule has 0 N–H and O–H groups in total. The number of rotatable bonds is 3. The van der Waals surface area contributed by atoms with Gasteiger partial charge in [-0.1, -0.05) is 41.9 Å². The SMILES string of the molecule is CC(C)c1ccc(N=Nc2ccc(Br)cc2)cc1. The van der Waals surface area contributed by atoms with Gasteiger partial charge < -0.3 is 0 Å². The first-order valence-electron chi connectivity index (χ1n) is 5.92. The van der Waals surface area contributed by atoms with Crippen molar-refractivity contribution in [2.24, 2.45) is 10.2 Å². The van der Waals surface area contributed by atoms with E-state index < -0.39 is 0 Å². The molecule has 0 amide bonds. The topological polar surface area (TPSA) is 24.7 Å². The average Bonchev–Trinajstić information content (AvgIpc) is 2.38. The number of nitrogens with zero attached hydrogens (tertiary/aromatic N) is 2.